The molecule has 0 unspecified atom stereocenters. The van der Waals surface area contributed by atoms with Crippen LogP contribution in [0.3, 0.4) is 0 Å². The molecule has 36 heavy (non-hydrogen) atoms. The fraction of sp³-hybridized carbons (Fsp3) is 0.192. The highest BCUT2D eigenvalue weighted by atomic mass is 16.5. The Hall–Kier alpha value is -4.91. The molecule has 0 aliphatic carbocycles. The summed E-state index contributed by atoms with van der Waals surface area (Å²) in [4.78, 5) is 26.3. The first-order valence-corrected chi connectivity index (χ1v) is 11.3. The van der Waals surface area contributed by atoms with Crippen LogP contribution in [0.15, 0.2) is 67.8 Å². The van der Waals surface area contributed by atoms with Gasteiger partial charge in [0.25, 0.3) is 5.91 Å². The van der Waals surface area contributed by atoms with E-state index < -0.39 is 0 Å². The van der Waals surface area contributed by atoms with Gasteiger partial charge < -0.3 is 15.0 Å². The van der Waals surface area contributed by atoms with Gasteiger partial charge in [-0.1, -0.05) is 6.58 Å². The minimum Gasteiger partial charge on any atom is -0.494 e. The number of nitrogens with zero attached hydrogens (tertiary/aromatic N) is 6. The van der Waals surface area contributed by atoms with Gasteiger partial charge >= 0.3 is 0 Å². The highest BCUT2D eigenvalue weighted by molar-refractivity contribution is 5.99. The number of carbonyl (C=O) groups excluding carboxylic acids is 2. The lowest BCUT2D eigenvalue weighted by Crippen LogP contribution is -2.29. The fourth-order valence-corrected chi connectivity index (χ4v) is 4.38. The van der Waals surface area contributed by atoms with E-state index in [4.69, 9.17) is 4.74 Å². The Morgan fingerprint density at radius 1 is 1.19 bits per heavy atom. The first-order valence-electron chi connectivity index (χ1n) is 11.3. The van der Waals surface area contributed by atoms with Crippen molar-refractivity contribution >= 4 is 23.0 Å². The maximum atomic E-state index is 13.0. The van der Waals surface area contributed by atoms with E-state index in [1.807, 2.05) is 28.0 Å². The third-order valence-corrected chi connectivity index (χ3v) is 6.26. The van der Waals surface area contributed by atoms with E-state index in [0.29, 0.717) is 41.2 Å². The van der Waals surface area contributed by atoms with Gasteiger partial charge in [-0.3, -0.25) is 14.3 Å². The molecule has 1 N–H and O–H groups in total. The van der Waals surface area contributed by atoms with Crippen LogP contribution in [-0.4, -0.2) is 56.3 Å². The van der Waals surface area contributed by atoms with Crippen LogP contribution in [0.25, 0.3) is 16.6 Å². The van der Waals surface area contributed by atoms with E-state index in [2.05, 4.69) is 28.2 Å². The lowest BCUT2D eigenvalue weighted by molar-refractivity contribution is -0.111. The lowest BCUT2D eigenvalue weighted by Gasteiger charge is -2.17. The molecule has 10 heteroatoms. The minimum atomic E-state index is -0.301. The maximum absolute atomic E-state index is 13.0. The maximum Gasteiger partial charge on any atom is 0.253 e. The summed E-state index contributed by atoms with van der Waals surface area (Å²) in [5.41, 5.74) is 3.97. The molecule has 1 aromatic carbocycles. The normalized spacial score (nSPS) is 15.0. The quantitative estimate of drug-likeness (QED) is 0.422. The van der Waals surface area contributed by atoms with E-state index >= 15 is 0 Å². The van der Waals surface area contributed by atoms with Gasteiger partial charge in [-0.15, -0.1) is 0 Å². The second-order valence-corrected chi connectivity index (χ2v) is 8.43. The summed E-state index contributed by atoms with van der Waals surface area (Å²) in [5.74, 6) is 0.195. The smallest absolute Gasteiger partial charge is 0.253 e. The molecule has 180 valence electrons. The number of rotatable bonds is 6. The van der Waals surface area contributed by atoms with Crippen molar-refractivity contribution in [3.63, 3.8) is 0 Å². The van der Waals surface area contributed by atoms with Crippen molar-refractivity contribution in [2.45, 2.75) is 12.5 Å². The Bertz CT molecular complexity index is 1510. The number of fused-ring (bicyclic) bond motifs is 1. The van der Waals surface area contributed by atoms with Crippen molar-refractivity contribution in [3.8, 4) is 22.9 Å². The van der Waals surface area contributed by atoms with E-state index in [9.17, 15) is 14.9 Å². The van der Waals surface area contributed by atoms with Crippen LogP contribution in [0.2, 0.25) is 0 Å². The van der Waals surface area contributed by atoms with Crippen molar-refractivity contribution < 1.29 is 14.3 Å². The molecule has 1 aliphatic heterocycles. The SMILES string of the molecule is C=CC(=O)Nc1ccc(C(=O)N2CC[C@@H](n3cc(-c4cc(OC)c5c(C#N)cnn5c4)cn3)C2)cc1. The number of anilines is 1. The first kappa shape index (κ1) is 22.9. The fourth-order valence-electron chi connectivity index (χ4n) is 4.38. The van der Waals surface area contributed by atoms with Crippen molar-refractivity contribution in [2.75, 3.05) is 25.5 Å². The number of methoxy groups -OCH3 is 1. The molecule has 1 aliphatic rings. The van der Waals surface area contributed by atoms with Gasteiger partial charge in [0.2, 0.25) is 5.91 Å². The van der Waals surface area contributed by atoms with E-state index in [1.165, 1.54) is 12.3 Å². The van der Waals surface area contributed by atoms with Crippen LogP contribution in [-0.2, 0) is 4.79 Å². The molecule has 1 fully saturated rings. The van der Waals surface area contributed by atoms with Crippen LogP contribution in [0.1, 0.15) is 28.4 Å². The van der Waals surface area contributed by atoms with Gasteiger partial charge in [-0.25, -0.2) is 4.52 Å². The molecule has 0 bridgehead atoms. The molecular weight excluding hydrogens is 458 g/mol. The second kappa shape index (κ2) is 9.38. The molecule has 2 amide bonds. The van der Waals surface area contributed by atoms with Crippen LogP contribution in [0, 0.1) is 11.3 Å². The molecule has 0 spiro atoms. The number of hydrogen-bond acceptors (Lipinski definition) is 6. The number of carbonyl (C=O) groups is 2. The monoisotopic (exact) mass is 481 g/mol. The number of amides is 2. The predicted octanol–water partition coefficient (Wildman–Crippen LogP) is 3.29. The number of nitriles is 1. The average molecular weight is 482 g/mol. The topological polar surface area (TPSA) is 118 Å². The molecule has 4 heterocycles. The average Bonchev–Trinajstić information content (AvgIpc) is 3.67. The Morgan fingerprint density at radius 3 is 2.72 bits per heavy atom. The second-order valence-electron chi connectivity index (χ2n) is 8.43. The van der Waals surface area contributed by atoms with Gasteiger partial charge in [-0.2, -0.15) is 15.5 Å². The standard InChI is InChI=1S/C26H23N7O3/c1-3-24(34)30-21-6-4-17(5-7-21)26(35)31-9-8-22(16-31)32-15-20(13-28-32)18-10-23(36-2)25-19(11-27)12-29-33(25)14-18/h3-7,10,12-15,22H,1,8-9,16H2,2H3,(H,30,34)/t22-/m1/s1. The Labute approximate surface area is 207 Å². The molecule has 4 aromatic rings. The number of hydrogen-bond donors (Lipinski definition) is 1. The zero-order valence-electron chi connectivity index (χ0n) is 19.6. The van der Waals surface area contributed by atoms with Crippen molar-refractivity contribution in [1.29, 1.82) is 5.26 Å². The molecule has 10 nitrogen and oxygen atoms in total. The van der Waals surface area contributed by atoms with Gasteiger partial charge in [0.1, 0.15) is 22.9 Å². The number of ether oxygens (including phenoxy) is 1. The summed E-state index contributed by atoms with van der Waals surface area (Å²) in [6, 6.07) is 10.9. The van der Waals surface area contributed by atoms with Gasteiger partial charge in [0.15, 0.2) is 0 Å². The van der Waals surface area contributed by atoms with E-state index in [1.54, 1.807) is 42.1 Å². The number of likely N-dealkylation sites (tertiary alicyclic amines) is 1. The van der Waals surface area contributed by atoms with E-state index in [0.717, 1.165) is 17.5 Å². The van der Waals surface area contributed by atoms with Crippen molar-refractivity contribution in [3.05, 3.63) is 78.9 Å². The summed E-state index contributed by atoms with van der Waals surface area (Å²) in [7, 11) is 1.56. The minimum absolute atomic E-state index is 0.0503. The highest BCUT2D eigenvalue weighted by Gasteiger charge is 2.29. The van der Waals surface area contributed by atoms with Gasteiger partial charge in [-0.05, 0) is 42.8 Å². The van der Waals surface area contributed by atoms with Crippen molar-refractivity contribution in [1.82, 2.24) is 24.3 Å². The number of pyridine rings is 1. The third-order valence-electron chi connectivity index (χ3n) is 6.26. The number of nitrogens with one attached hydrogen (secondary N) is 1. The number of benzene rings is 1. The lowest BCUT2D eigenvalue weighted by atomic mass is 10.1. The Kier molecular flexibility index (Phi) is 5.96. The molecule has 1 saturated heterocycles. The Morgan fingerprint density at radius 2 is 2.00 bits per heavy atom. The van der Waals surface area contributed by atoms with Crippen LogP contribution >= 0.6 is 0 Å². The summed E-state index contributed by atoms with van der Waals surface area (Å²) in [5, 5.41) is 20.8. The molecule has 5 rings (SSSR count). The van der Waals surface area contributed by atoms with Crippen LogP contribution in [0.4, 0.5) is 5.69 Å². The van der Waals surface area contributed by atoms with Gasteiger partial charge in [0, 0.05) is 47.9 Å². The molecule has 1 atom stereocenters. The van der Waals surface area contributed by atoms with Crippen LogP contribution < -0.4 is 10.1 Å². The molecule has 0 radical (unpaired) electrons. The third kappa shape index (κ3) is 4.18. The van der Waals surface area contributed by atoms with Crippen LogP contribution in [0.5, 0.6) is 5.75 Å². The highest BCUT2D eigenvalue weighted by Crippen LogP contribution is 2.31. The van der Waals surface area contributed by atoms with E-state index in [-0.39, 0.29) is 17.9 Å². The summed E-state index contributed by atoms with van der Waals surface area (Å²) >= 11 is 0. The van der Waals surface area contributed by atoms with Crippen molar-refractivity contribution in [2.24, 2.45) is 0 Å². The molecule has 0 saturated carbocycles. The molecule has 3 aromatic heterocycles. The molecular formula is C26H23N7O3. The summed E-state index contributed by atoms with van der Waals surface area (Å²) < 4.78 is 9.02. The number of aromatic nitrogens is 4. The largest absolute Gasteiger partial charge is 0.494 e. The van der Waals surface area contributed by atoms with Gasteiger partial charge in [0.05, 0.1) is 25.5 Å². The summed E-state index contributed by atoms with van der Waals surface area (Å²) in [6.45, 7) is 4.60. The summed E-state index contributed by atoms with van der Waals surface area (Å²) in [6.07, 6.45) is 9.06. The first-order chi connectivity index (χ1) is 17.5. The zero-order valence-corrected chi connectivity index (χ0v) is 19.6. The Balaban J connectivity index is 1.30. The predicted molar refractivity (Wildman–Crippen MR) is 133 cm³/mol. The zero-order chi connectivity index (χ0) is 25.2.